The first kappa shape index (κ1) is 10.0. The standard InChI is InChI=1S/C10H21NO/c1-4-10(2,8-11-3)12-7-9-5-6-9/h9,11H,4-8H2,1-3H3. The normalized spacial score (nSPS) is 22.2. The number of hydrogen-bond acceptors (Lipinski definition) is 2. The van der Waals surface area contributed by atoms with Crippen molar-refractivity contribution in [3.8, 4) is 0 Å². The van der Waals surface area contributed by atoms with E-state index in [0.29, 0.717) is 0 Å². The van der Waals surface area contributed by atoms with Gasteiger partial charge < -0.3 is 10.1 Å². The van der Waals surface area contributed by atoms with E-state index >= 15 is 0 Å². The second kappa shape index (κ2) is 4.24. The summed E-state index contributed by atoms with van der Waals surface area (Å²) in [6.07, 6.45) is 3.83. The number of nitrogens with one attached hydrogen (secondary N) is 1. The van der Waals surface area contributed by atoms with Gasteiger partial charge in [-0.05, 0) is 39.2 Å². The third-order valence-electron chi connectivity index (χ3n) is 2.66. The van der Waals surface area contributed by atoms with Crippen LogP contribution >= 0.6 is 0 Å². The molecule has 0 spiro atoms. The van der Waals surface area contributed by atoms with Crippen LogP contribution in [0.3, 0.4) is 0 Å². The topological polar surface area (TPSA) is 21.3 Å². The summed E-state index contributed by atoms with van der Waals surface area (Å²) in [5.74, 6) is 0.868. The molecular weight excluding hydrogens is 150 g/mol. The van der Waals surface area contributed by atoms with Crippen molar-refractivity contribution in [2.75, 3.05) is 20.2 Å². The summed E-state index contributed by atoms with van der Waals surface area (Å²) in [5.41, 5.74) is 0.0529. The van der Waals surface area contributed by atoms with E-state index in [-0.39, 0.29) is 5.60 Å². The fraction of sp³-hybridized carbons (Fsp3) is 1.00. The Kier molecular flexibility index (Phi) is 3.53. The molecule has 0 aromatic heterocycles. The number of ether oxygens (including phenoxy) is 1. The van der Waals surface area contributed by atoms with Crippen LogP contribution in [0.2, 0.25) is 0 Å². The van der Waals surface area contributed by atoms with Gasteiger partial charge >= 0.3 is 0 Å². The number of rotatable bonds is 6. The zero-order chi connectivity index (χ0) is 9.03. The Hall–Kier alpha value is -0.0800. The Morgan fingerprint density at radius 1 is 1.50 bits per heavy atom. The van der Waals surface area contributed by atoms with Crippen molar-refractivity contribution in [1.82, 2.24) is 5.32 Å². The van der Waals surface area contributed by atoms with Gasteiger partial charge in [0.1, 0.15) is 0 Å². The molecule has 0 aromatic carbocycles. The van der Waals surface area contributed by atoms with E-state index in [1.54, 1.807) is 0 Å². The van der Waals surface area contributed by atoms with Crippen LogP contribution in [0.1, 0.15) is 33.1 Å². The van der Waals surface area contributed by atoms with Gasteiger partial charge in [0.25, 0.3) is 0 Å². The molecule has 1 fully saturated rings. The average Bonchev–Trinajstić information content (AvgIpc) is 2.85. The van der Waals surface area contributed by atoms with Gasteiger partial charge in [-0.2, -0.15) is 0 Å². The molecule has 1 aliphatic carbocycles. The minimum Gasteiger partial charge on any atom is -0.374 e. The monoisotopic (exact) mass is 171 g/mol. The molecule has 0 amide bonds. The van der Waals surface area contributed by atoms with Crippen molar-refractivity contribution < 1.29 is 4.74 Å². The molecule has 0 heterocycles. The van der Waals surface area contributed by atoms with Crippen LogP contribution < -0.4 is 5.32 Å². The van der Waals surface area contributed by atoms with E-state index in [0.717, 1.165) is 25.5 Å². The van der Waals surface area contributed by atoms with Crippen molar-refractivity contribution in [3.63, 3.8) is 0 Å². The Balaban J connectivity index is 2.20. The molecule has 0 aliphatic heterocycles. The van der Waals surface area contributed by atoms with E-state index in [4.69, 9.17) is 4.74 Å². The molecule has 1 saturated carbocycles. The number of likely N-dealkylation sites (N-methyl/N-ethyl adjacent to an activating group) is 1. The summed E-state index contributed by atoms with van der Waals surface area (Å²) in [7, 11) is 1.98. The molecule has 1 rings (SSSR count). The van der Waals surface area contributed by atoms with Gasteiger partial charge in [-0.3, -0.25) is 0 Å². The van der Waals surface area contributed by atoms with Gasteiger partial charge in [0, 0.05) is 6.54 Å². The molecule has 1 aliphatic rings. The van der Waals surface area contributed by atoms with E-state index in [1.807, 2.05) is 7.05 Å². The maximum atomic E-state index is 5.88. The van der Waals surface area contributed by atoms with E-state index in [2.05, 4.69) is 19.2 Å². The molecule has 1 atom stereocenters. The predicted molar refractivity (Wildman–Crippen MR) is 51.3 cm³/mol. The maximum absolute atomic E-state index is 5.88. The summed E-state index contributed by atoms with van der Waals surface area (Å²) < 4.78 is 5.88. The minimum atomic E-state index is 0.0529. The molecule has 72 valence electrons. The van der Waals surface area contributed by atoms with Gasteiger partial charge in [0.2, 0.25) is 0 Å². The molecular formula is C10H21NO. The summed E-state index contributed by atoms with van der Waals surface area (Å²) in [4.78, 5) is 0. The van der Waals surface area contributed by atoms with Crippen molar-refractivity contribution in [1.29, 1.82) is 0 Å². The lowest BCUT2D eigenvalue weighted by molar-refractivity contribution is -0.0371. The zero-order valence-electron chi connectivity index (χ0n) is 8.52. The molecule has 0 bridgehead atoms. The van der Waals surface area contributed by atoms with Crippen LogP contribution in [0.4, 0.5) is 0 Å². The predicted octanol–water partition coefficient (Wildman–Crippen LogP) is 1.80. The van der Waals surface area contributed by atoms with Crippen LogP contribution in [0.15, 0.2) is 0 Å². The molecule has 12 heavy (non-hydrogen) atoms. The van der Waals surface area contributed by atoms with Crippen molar-refractivity contribution >= 4 is 0 Å². The first-order chi connectivity index (χ1) is 5.70. The van der Waals surface area contributed by atoms with Crippen LogP contribution in [-0.2, 0) is 4.74 Å². The Bertz CT molecular complexity index is 134. The van der Waals surface area contributed by atoms with Gasteiger partial charge in [0.15, 0.2) is 0 Å². The van der Waals surface area contributed by atoms with E-state index in [9.17, 15) is 0 Å². The van der Waals surface area contributed by atoms with Gasteiger partial charge in [0.05, 0.1) is 12.2 Å². The fourth-order valence-electron chi connectivity index (χ4n) is 1.26. The lowest BCUT2D eigenvalue weighted by Crippen LogP contribution is -2.39. The van der Waals surface area contributed by atoms with Gasteiger partial charge in [-0.1, -0.05) is 6.92 Å². The molecule has 0 radical (unpaired) electrons. The highest BCUT2D eigenvalue weighted by molar-refractivity contribution is 4.79. The second-order valence-electron chi connectivity index (χ2n) is 4.09. The highest BCUT2D eigenvalue weighted by atomic mass is 16.5. The highest BCUT2D eigenvalue weighted by Gasteiger charge is 2.27. The first-order valence-electron chi connectivity index (χ1n) is 4.99. The third-order valence-corrected chi connectivity index (χ3v) is 2.66. The summed E-state index contributed by atoms with van der Waals surface area (Å²) >= 11 is 0. The van der Waals surface area contributed by atoms with Crippen LogP contribution in [-0.4, -0.2) is 25.8 Å². The molecule has 1 N–H and O–H groups in total. The third kappa shape index (κ3) is 3.11. The van der Waals surface area contributed by atoms with Crippen LogP contribution in [0, 0.1) is 5.92 Å². The van der Waals surface area contributed by atoms with E-state index < -0.39 is 0 Å². The van der Waals surface area contributed by atoms with Crippen LogP contribution in [0.25, 0.3) is 0 Å². The smallest absolute Gasteiger partial charge is 0.0775 e. The lowest BCUT2D eigenvalue weighted by Gasteiger charge is -2.28. The Labute approximate surface area is 75.7 Å². The quantitative estimate of drug-likeness (QED) is 0.658. The molecule has 0 aromatic rings. The highest BCUT2D eigenvalue weighted by Crippen LogP contribution is 2.30. The fourth-order valence-corrected chi connectivity index (χ4v) is 1.26. The molecule has 0 saturated heterocycles. The average molecular weight is 171 g/mol. The lowest BCUT2D eigenvalue weighted by atomic mass is 10.0. The Morgan fingerprint density at radius 3 is 2.58 bits per heavy atom. The van der Waals surface area contributed by atoms with Crippen molar-refractivity contribution in [2.24, 2.45) is 5.92 Å². The second-order valence-corrected chi connectivity index (χ2v) is 4.09. The van der Waals surface area contributed by atoms with Gasteiger partial charge in [-0.15, -0.1) is 0 Å². The van der Waals surface area contributed by atoms with Gasteiger partial charge in [-0.25, -0.2) is 0 Å². The first-order valence-corrected chi connectivity index (χ1v) is 4.99. The minimum absolute atomic E-state index is 0.0529. The summed E-state index contributed by atoms with van der Waals surface area (Å²) in [6.45, 7) is 6.29. The Morgan fingerprint density at radius 2 is 2.17 bits per heavy atom. The van der Waals surface area contributed by atoms with Crippen molar-refractivity contribution in [2.45, 2.75) is 38.7 Å². The zero-order valence-corrected chi connectivity index (χ0v) is 8.52. The van der Waals surface area contributed by atoms with Crippen LogP contribution in [0.5, 0.6) is 0 Å². The molecule has 1 unspecified atom stereocenters. The number of hydrogen-bond donors (Lipinski definition) is 1. The van der Waals surface area contributed by atoms with Crippen molar-refractivity contribution in [3.05, 3.63) is 0 Å². The summed E-state index contributed by atoms with van der Waals surface area (Å²) in [5, 5.41) is 3.18. The largest absolute Gasteiger partial charge is 0.374 e. The molecule has 2 nitrogen and oxygen atoms in total. The van der Waals surface area contributed by atoms with E-state index in [1.165, 1.54) is 12.8 Å². The molecule has 2 heteroatoms. The SMILES string of the molecule is CCC(C)(CNC)OCC1CC1. The maximum Gasteiger partial charge on any atom is 0.0775 e. The summed E-state index contributed by atoms with van der Waals surface area (Å²) in [6, 6.07) is 0.